The van der Waals surface area contributed by atoms with Crippen molar-refractivity contribution in [2.45, 2.75) is 70.6 Å². The summed E-state index contributed by atoms with van der Waals surface area (Å²) < 4.78 is 41.0. The van der Waals surface area contributed by atoms with Crippen LogP contribution < -0.4 is 10.6 Å². The van der Waals surface area contributed by atoms with Crippen molar-refractivity contribution in [1.29, 1.82) is 0 Å². The van der Waals surface area contributed by atoms with Crippen LogP contribution in [0.15, 0.2) is 6.20 Å². The number of nitrogens with zero attached hydrogens (tertiary/aromatic N) is 2. The van der Waals surface area contributed by atoms with Crippen LogP contribution in [0.2, 0.25) is 0 Å². The second kappa shape index (κ2) is 6.41. The lowest BCUT2D eigenvalue weighted by Gasteiger charge is -2.31. The first-order chi connectivity index (χ1) is 10.7. The Morgan fingerprint density at radius 2 is 2.04 bits per heavy atom. The summed E-state index contributed by atoms with van der Waals surface area (Å²) in [5.74, 6) is 0.333. The molecule has 0 saturated heterocycles. The Hall–Kier alpha value is -1.73. The minimum absolute atomic E-state index is 0.242. The number of nitrogens with one attached hydrogen (secondary N) is 2. The Bertz CT molecular complexity index is 566. The molecule has 0 radical (unpaired) electrons. The number of halogens is 3. The Balaban J connectivity index is 2.11. The molecule has 5 nitrogen and oxygen atoms in total. The van der Waals surface area contributed by atoms with E-state index in [0.717, 1.165) is 38.4 Å². The van der Waals surface area contributed by atoms with Gasteiger partial charge in [-0.2, -0.15) is 18.3 Å². The molecule has 1 aromatic rings. The van der Waals surface area contributed by atoms with Crippen LogP contribution in [-0.4, -0.2) is 27.5 Å². The average molecular weight is 332 g/mol. The molecule has 1 aliphatic carbocycles. The predicted molar refractivity (Wildman–Crippen MR) is 81.4 cm³/mol. The molecule has 0 spiro atoms. The number of carbonyl (C=O) groups excluding carboxylic acids is 1. The zero-order chi connectivity index (χ0) is 17.3. The number of hydrogen-bond donors (Lipinski definition) is 2. The second-order valence-corrected chi connectivity index (χ2v) is 6.20. The Morgan fingerprint density at radius 3 is 2.52 bits per heavy atom. The lowest BCUT2D eigenvalue weighted by molar-refractivity contribution is -0.188. The molecule has 8 heteroatoms. The van der Waals surface area contributed by atoms with Crippen LogP contribution in [-0.2, 0) is 6.54 Å². The van der Waals surface area contributed by atoms with Gasteiger partial charge in [0.25, 0.3) is 0 Å². The minimum atomic E-state index is -4.51. The highest BCUT2D eigenvalue weighted by Crippen LogP contribution is 2.43. The van der Waals surface area contributed by atoms with E-state index in [2.05, 4.69) is 10.4 Å². The summed E-state index contributed by atoms with van der Waals surface area (Å²) in [4.78, 5) is 12.0. The summed E-state index contributed by atoms with van der Waals surface area (Å²) in [6, 6.07) is -0.857. The van der Waals surface area contributed by atoms with Crippen molar-refractivity contribution in [3.05, 3.63) is 11.9 Å². The van der Waals surface area contributed by atoms with E-state index < -0.39 is 17.7 Å². The fraction of sp³-hybridized carbons (Fsp3) is 0.733. The number of urea groups is 1. The molecule has 130 valence electrons. The second-order valence-electron chi connectivity index (χ2n) is 6.20. The summed E-state index contributed by atoms with van der Waals surface area (Å²) in [6.07, 6.45) is -0.310. The number of amides is 2. The van der Waals surface area contributed by atoms with E-state index in [0.29, 0.717) is 11.6 Å². The maximum absolute atomic E-state index is 13.1. The average Bonchev–Trinajstić information content (AvgIpc) is 3.21. The molecule has 1 saturated carbocycles. The van der Waals surface area contributed by atoms with Crippen LogP contribution in [0, 0.1) is 0 Å². The first kappa shape index (κ1) is 17.6. The van der Waals surface area contributed by atoms with Gasteiger partial charge in [-0.1, -0.05) is 13.8 Å². The molecule has 23 heavy (non-hydrogen) atoms. The Kier molecular flexibility index (Phi) is 4.91. The van der Waals surface area contributed by atoms with Gasteiger partial charge in [-0.15, -0.1) is 0 Å². The molecule has 0 aromatic carbocycles. The summed E-state index contributed by atoms with van der Waals surface area (Å²) >= 11 is 0. The van der Waals surface area contributed by atoms with Crippen molar-refractivity contribution < 1.29 is 18.0 Å². The molecule has 1 aromatic heterocycles. The maximum Gasteiger partial charge on any atom is 0.411 e. The Labute approximate surface area is 133 Å². The SMILES string of the molecule is CCCn1ncc(NC(=O)NC(C)(CC)C(F)(F)F)c1C1CC1. The van der Waals surface area contributed by atoms with E-state index in [1.807, 2.05) is 16.9 Å². The van der Waals surface area contributed by atoms with Crippen LogP contribution >= 0.6 is 0 Å². The van der Waals surface area contributed by atoms with Crippen LogP contribution in [0.1, 0.15) is 58.1 Å². The van der Waals surface area contributed by atoms with E-state index in [4.69, 9.17) is 0 Å². The molecule has 0 aliphatic heterocycles. The highest BCUT2D eigenvalue weighted by Gasteiger charge is 2.50. The van der Waals surface area contributed by atoms with Crippen LogP contribution in [0.4, 0.5) is 23.7 Å². The topological polar surface area (TPSA) is 59.0 Å². The third-order valence-electron chi connectivity index (χ3n) is 4.25. The number of rotatable bonds is 6. The van der Waals surface area contributed by atoms with Gasteiger partial charge in [0, 0.05) is 12.5 Å². The molecule has 2 N–H and O–H groups in total. The van der Waals surface area contributed by atoms with Gasteiger partial charge in [-0.05, 0) is 32.6 Å². The van der Waals surface area contributed by atoms with Gasteiger partial charge in [0.1, 0.15) is 5.54 Å². The number of aryl methyl sites for hydroxylation is 1. The van der Waals surface area contributed by atoms with Crippen molar-refractivity contribution in [2.24, 2.45) is 0 Å². The summed E-state index contributed by atoms with van der Waals surface area (Å²) in [6.45, 7) is 5.12. The quantitative estimate of drug-likeness (QED) is 0.826. The van der Waals surface area contributed by atoms with E-state index in [9.17, 15) is 18.0 Å². The summed E-state index contributed by atoms with van der Waals surface area (Å²) in [5, 5.41) is 8.82. The van der Waals surface area contributed by atoms with Crippen molar-refractivity contribution in [1.82, 2.24) is 15.1 Å². The van der Waals surface area contributed by atoms with Crippen molar-refractivity contribution in [3.63, 3.8) is 0 Å². The fourth-order valence-corrected chi connectivity index (χ4v) is 2.43. The van der Waals surface area contributed by atoms with Gasteiger partial charge >= 0.3 is 12.2 Å². The number of hydrogen-bond acceptors (Lipinski definition) is 2. The van der Waals surface area contributed by atoms with Gasteiger partial charge < -0.3 is 10.6 Å². The minimum Gasteiger partial charge on any atom is -0.324 e. The van der Waals surface area contributed by atoms with E-state index >= 15 is 0 Å². The van der Waals surface area contributed by atoms with Crippen molar-refractivity contribution in [3.8, 4) is 0 Å². The lowest BCUT2D eigenvalue weighted by Crippen LogP contribution is -2.57. The van der Waals surface area contributed by atoms with E-state index in [1.54, 1.807) is 0 Å². The Morgan fingerprint density at radius 1 is 1.39 bits per heavy atom. The normalized spacial score (nSPS) is 17.7. The summed E-state index contributed by atoms with van der Waals surface area (Å²) in [5.41, 5.74) is -0.845. The highest BCUT2D eigenvalue weighted by molar-refractivity contribution is 5.90. The fourth-order valence-electron chi connectivity index (χ4n) is 2.43. The molecule has 2 amide bonds. The third kappa shape index (κ3) is 3.79. The molecule has 1 unspecified atom stereocenters. The molecule has 1 atom stereocenters. The third-order valence-corrected chi connectivity index (χ3v) is 4.25. The highest BCUT2D eigenvalue weighted by atomic mass is 19.4. The molecular weight excluding hydrogens is 309 g/mol. The number of alkyl halides is 3. The molecular formula is C15H23F3N4O. The van der Waals surface area contributed by atoms with Gasteiger partial charge in [-0.3, -0.25) is 4.68 Å². The number of aromatic nitrogens is 2. The standard InChI is InChI=1S/C15H23F3N4O/c1-4-8-22-12(10-6-7-10)11(9-19-22)20-13(23)21-14(3,5-2)15(16,17)18/h9-10H,4-8H2,1-3H3,(H2,20,21,23). The number of anilines is 1. The first-order valence-electron chi connectivity index (χ1n) is 7.93. The van der Waals surface area contributed by atoms with Crippen LogP contribution in [0.5, 0.6) is 0 Å². The zero-order valence-electron chi connectivity index (χ0n) is 13.6. The molecule has 1 fully saturated rings. The summed E-state index contributed by atoms with van der Waals surface area (Å²) in [7, 11) is 0. The van der Waals surface area contributed by atoms with Gasteiger partial charge in [0.15, 0.2) is 0 Å². The maximum atomic E-state index is 13.1. The molecule has 0 bridgehead atoms. The van der Waals surface area contributed by atoms with Crippen LogP contribution in [0.3, 0.4) is 0 Å². The van der Waals surface area contributed by atoms with E-state index in [-0.39, 0.29) is 6.42 Å². The smallest absolute Gasteiger partial charge is 0.324 e. The van der Waals surface area contributed by atoms with Crippen molar-refractivity contribution >= 4 is 11.7 Å². The van der Waals surface area contributed by atoms with Crippen LogP contribution in [0.25, 0.3) is 0 Å². The molecule has 1 heterocycles. The molecule has 2 rings (SSSR count). The first-order valence-corrected chi connectivity index (χ1v) is 7.93. The van der Waals surface area contributed by atoms with E-state index in [1.165, 1.54) is 13.1 Å². The number of carbonyl (C=O) groups is 1. The van der Waals surface area contributed by atoms with Gasteiger partial charge in [0.2, 0.25) is 0 Å². The van der Waals surface area contributed by atoms with Gasteiger partial charge in [0.05, 0.1) is 17.6 Å². The largest absolute Gasteiger partial charge is 0.411 e. The molecule has 1 aliphatic rings. The lowest BCUT2D eigenvalue weighted by atomic mass is 9.98. The zero-order valence-corrected chi connectivity index (χ0v) is 13.6. The monoisotopic (exact) mass is 332 g/mol. The van der Waals surface area contributed by atoms with Gasteiger partial charge in [-0.25, -0.2) is 4.79 Å². The predicted octanol–water partition coefficient (Wildman–Crippen LogP) is 4.02. The van der Waals surface area contributed by atoms with Crippen molar-refractivity contribution in [2.75, 3.05) is 5.32 Å².